The summed E-state index contributed by atoms with van der Waals surface area (Å²) in [4.78, 5) is 22.4. The molecular formula is C27H24N6O3. The number of benzene rings is 2. The number of rotatable bonds is 3. The van der Waals surface area contributed by atoms with Crippen LogP contribution in [0, 0.1) is 0 Å². The van der Waals surface area contributed by atoms with Gasteiger partial charge in [-0.15, -0.1) is 0 Å². The number of ether oxygens (including phenoxy) is 2. The first kappa shape index (κ1) is 22.0. The minimum absolute atomic E-state index is 0.219. The van der Waals surface area contributed by atoms with Gasteiger partial charge < -0.3 is 20.1 Å². The summed E-state index contributed by atoms with van der Waals surface area (Å²) in [6.45, 7) is 2.23. The van der Waals surface area contributed by atoms with E-state index in [-0.39, 0.29) is 5.91 Å². The molecule has 0 fully saturated rings. The zero-order valence-electron chi connectivity index (χ0n) is 19.5. The Morgan fingerprint density at radius 2 is 2.03 bits per heavy atom. The van der Waals surface area contributed by atoms with Crippen molar-refractivity contribution in [1.82, 2.24) is 24.9 Å². The van der Waals surface area contributed by atoms with Crippen molar-refractivity contribution in [3.05, 3.63) is 84.3 Å². The molecule has 0 unspecified atom stereocenters. The molecule has 0 saturated heterocycles. The maximum atomic E-state index is 13.3. The van der Waals surface area contributed by atoms with Gasteiger partial charge >= 0.3 is 0 Å². The number of para-hydroxylation sites is 1. The van der Waals surface area contributed by atoms with E-state index in [0.29, 0.717) is 49.9 Å². The normalized spacial score (nSPS) is 13.7. The highest BCUT2D eigenvalue weighted by Crippen LogP contribution is 2.30. The molecule has 9 nitrogen and oxygen atoms in total. The lowest BCUT2D eigenvalue weighted by Crippen LogP contribution is -2.24. The summed E-state index contributed by atoms with van der Waals surface area (Å²) in [6, 6.07) is 17.2. The van der Waals surface area contributed by atoms with Crippen LogP contribution in [0.4, 0.5) is 5.82 Å². The molecule has 0 radical (unpaired) electrons. The van der Waals surface area contributed by atoms with Crippen LogP contribution in [0.2, 0.25) is 0 Å². The van der Waals surface area contributed by atoms with Crippen molar-refractivity contribution in [3.63, 3.8) is 0 Å². The molecule has 36 heavy (non-hydrogen) atoms. The highest BCUT2D eigenvalue weighted by Gasteiger charge is 2.17. The Morgan fingerprint density at radius 1 is 1.08 bits per heavy atom. The first-order valence-electron chi connectivity index (χ1n) is 11.8. The molecule has 0 aliphatic carbocycles. The number of carbonyl (C=O) groups excluding carboxylic acids is 1. The quantitative estimate of drug-likeness (QED) is 0.406. The van der Waals surface area contributed by atoms with E-state index in [2.05, 4.69) is 20.7 Å². The molecule has 1 aliphatic rings. The van der Waals surface area contributed by atoms with Gasteiger partial charge in [0.25, 0.3) is 5.91 Å². The van der Waals surface area contributed by atoms with E-state index in [1.807, 2.05) is 54.7 Å². The van der Waals surface area contributed by atoms with E-state index in [4.69, 9.17) is 14.5 Å². The van der Waals surface area contributed by atoms with Gasteiger partial charge in [0.2, 0.25) is 0 Å². The lowest BCUT2D eigenvalue weighted by Gasteiger charge is -2.15. The highest BCUT2D eigenvalue weighted by atomic mass is 16.5. The van der Waals surface area contributed by atoms with Gasteiger partial charge in [0.05, 0.1) is 30.5 Å². The average molecular weight is 481 g/mol. The molecule has 4 heterocycles. The third kappa shape index (κ3) is 4.32. The van der Waals surface area contributed by atoms with E-state index < -0.39 is 0 Å². The Morgan fingerprint density at radius 3 is 3.00 bits per heavy atom. The van der Waals surface area contributed by atoms with Crippen LogP contribution >= 0.6 is 0 Å². The summed E-state index contributed by atoms with van der Waals surface area (Å²) in [5, 5.41) is 11.7. The number of fused-ring (bicyclic) bond motifs is 5. The molecule has 2 aromatic carbocycles. The molecule has 5 aromatic rings. The predicted molar refractivity (Wildman–Crippen MR) is 136 cm³/mol. The molecule has 180 valence electrons. The van der Waals surface area contributed by atoms with Gasteiger partial charge in [0, 0.05) is 36.4 Å². The van der Waals surface area contributed by atoms with Crippen LogP contribution in [0.15, 0.2) is 73.2 Å². The third-order valence-electron chi connectivity index (χ3n) is 6.12. The van der Waals surface area contributed by atoms with E-state index >= 15 is 0 Å². The standard InChI is InChI=1S/C27H24N6O3/c34-27(30-16-19-7-9-28-23-4-2-1-3-20(19)23)21-6-5-18-15-24(21)36-14-13-35-12-10-29-25-8-11-33-26(32-25)22(18)17-31-33/h1-9,11,15,17H,10,12-14,16H2,(H,29,32)(H,30,34). The van der Waals surface area contributed by atoms with Gasteiger partial charge in [-0.1, -0.05) is 24.3 Å². The molecule has 1 amide bonds. The van der Waals surface area contributed by atoms with Crippen molar-refractivity contribution in [2.24, 2.45) is 0 Å². The molecule has 0 atom stereocenters. The van der Waals surface area contributed by atoms with E-state index in [9.17, 15) is 4.79 Å². The first-order chi connectivity index (χ1) is 17.8. The smallest absolute Gasteiger partial charge is 0.255 e. The van der Waals surface area contributed by atoms with E-state index in [1.54, 1.807) is 23.0 Å². The summed E-state index contributed by atoms with van der Waals surface area (Å²) < 4.78 is 13.4. The van der Waals surface area contributed by atoms with Crippen LogP contribution in [-0.2, 0) is 11.3 Å². The van der Waals surface area contributed by atoms with Gasteiger partial charge in [-0.05, 0) is 41.5 Å². The Hall–Kier alpha value is -4.50. The fourth-order valence-electron chi connectivity index (χ4n) is 4.31. The number of hydrogen-bond acceptors (Lipinski definition) is 7. The maximum absolute atomic E-state index is 13.3. The molecule has 9 heteroatoms. The molecule has 0 spiro atoms. The Balaban J connectivity index is 1.32. The van der Waals surface area contributed by atoms with Crippen LogP contribution in [0.3, 0.4) is 0 Å². The number of aromatic nitrogens is 4. The largest absolute Gasteiger partial charge is 0.490 e. The second-order valence-electron chi connectivity index (χ2n) is 8.41. The van der Waals surface area contributed by atoms with Crippen molar-refractivity contribution < 1.29 is 14.3 Å². The van der Waals surface area contributed by atoms with Crippen molar-refractivity contribution in [2.45, 2.75) is 6.54 Å². The van der Waals surface area contributed by atoms with Crippen LogP contribution in [0.25, 0.3) is 27.7 Å². The molecule has 4 bridgehead atoms. The summed E-state index contributed by atoms with van der Waals surface area (Å²) in [6.07, 6.45) is 5.39. The number of anilines is 1. The van der Waals surface area contributed by atoms with E-state index in [0.717, 1.165) is 33.4 Å². The third-order valence-corrected chi connectivity index (χ3v) is 6.12. The number of hydrogen-bond donors (Lipinski definition) is 2. The van der Waals surface area contributed by atoms with Crippen LogP contribution in [0.1, 0.15) is 15.9 Å². The lowest BCUT2D eigenvalue weighted by molar-refractivity contribution is 0.0932. The molecule has 1 aliphatic heterocycles. The molecule has 3 aromatic heterocycles. The summed E-state index contributed by atoms with van der Waals surface area (Å²) >= 11 is 0. The van der Waals surface area contributed by atoms with Crippen LogP contribution in [0.5, 0.6) is 5.75 Å². The predicted octanol–water partition coefficient (Wildman–Crippen LogP) is 3.70. The molecule has 2 N–H and O–H groups in total. The Kier molecular flexibility index (Phi) is 5.88. The van der Waals surface area contributed by atoms with Gasteiger partial charge in [-0.25, -0.2) is 9.50 Å². The minimum Gasteiger partial charge on any atom is -0.490 e. The number of amides is 1. The Labute approximate surface area is 207 Å². The van der Waals surface area contributed by atoms with Crippen LogP contribution < -0.4 is 15.4 Å². The minimum atomic E-state index is -0.219. The summed E-state index contributed by atoms with van der Waals surface area (Å²) in [7, 11) is 0. The lowest BCUT2D eigenvalue weighted by atomic mass is 10.0. The van der Waals surface area contributed by atoms with E-state index in [1.165, 1.54) is 0 Å². The topological polar surface area (TPSA) is 103 Å². The molecule has 6 rings (SSSR count). The average Bonchev–Trinajstić information content (AvgIpc) is 3.34. The van der Waals surface area contributed by atoms with Crippen molar-refractivity contribution in [3.8, 4) is 16.9 Å². The van der Waals surface area contributed by atoms with Crippen molar-refractivity contribution >= 4 is 28.3 Å². The number of carbonyl (C=O) groups is 1. The molecule has 0 saturated carbocycles. The van der Waals surface area contributed by atoms with Gasteiger partial charge in [-0.2, -0.15) is 5.10 Å². The van der Waals surface area contributed by atoms with Gasteiger partial charge in [-0.3, -0.25) is 9.78 Å². The number of nitrogens with zero attached hydrogens (tertiary/aromatic N) is 4. The SMILES string of the molecule is O=C(NCc1ccnc2ccccc12)c1ccc2cc1OCCOCCNc1ccn3ncc-2c3n1. The second-order valence-corrected chi connectivity index (χ2v) is 8.41. The van der Waals surface area contributed by atoms with Gasteiger partial charge in [0.15, 0.2) is 5.65 Å². The summed E-state index contributed by atoms with van der Waals surface area (Å²) in [5.41, 5.74) is 4.77. The fourth-order valence-corrected chi connectivity index (χ4v) is 4.31. The molecular weight excluding hydrogens is 456 g/mol. The van der Waals surface area contributed by atoms with Crippen molar-refractivity contribution in [2.75, 3.05) is 31.7 Å². The monoisotopic (exact) mass is 480 g/mol. The highest BCUT2D eigenvalue weighted by molar-refractivity contribution is 5.98. The number of nitrogens with one attached hydrogen (secondary N) is 2. The van der Waals surface area contributed by atoms with Crippen molar-refractivity contribution in [1.29, 1.82) is 0 Å². The summed E-state index contributed by atoms with van der Waals surface area (Å²) in [5.74, 6) is 1.02. The number of pyridine rings is 1. The maximum Gasteiger partial charge on any atom is 0.255 e. The zero-order valence-corrected chi connectivity index (χ0v) is 19.5. The second kappa shape index (κ2) is 9.63. The Bertz CT molecular complexity index is 1560. The first-order valence-corrected chi connectivity index (χ1v) is 11.8. The van der Waals surface area contributed by atoms with Crippen LogP contribution in [-0.4, -0.2) is 51.9 Å². The zero-order chi connectivity index (χ0) is 24.3. The fraction of sp³-hybridized carbons (Fsp3) is 0.185. The van der Waals surface area contributed by atoms with Gasteiger partial charge in [0.1, 0.15) is 18.2 Å².